The Kier molecular flexibility index (Phi) is 4.22. The Bertz CT molecular complexity index is 599. The van der Waals surface area contributed by atoms with E-state index in [9.17, 15) is 15.0 Å². The number of aliphatic hydroxyl groups excluding tert-OH is 1. The summed E-state index contributed by atoms with van der Waals surface area (Å²) in [7, 11) is 0. The van der Waals surface area contributed by atoms with Crippen LogP contribution in [0.2, 0.25) is 0 Å². The van der Waals surface area contributed by atoms with Crippen molar-refractivity contribution in [2.75, 3.05) is 12.3 Å². The molecule has 104 valence electrons. The quantitative estimate of drug-likeness (QED) is 0.500. The average Bonchev–Trinajstić information content (AvgIpc) is 2.48. The molecule has 0 aliphatic heterocycles. The van der Waals surface area contributed by atoms with Crippen LogP contribution in [-0.2, 0) is 0 Å². The fourth-order valence-corrected chi connectivity index (χ4v) is 1.85. The zero-order chi connectivity index (χ0) is 14.5. The maximum atomic E-state index is 12.1. The standard InChI is InChI=1S/C15H16N2O3/c16-12-7-6-11(8-14(12)19)15(20)17-13(9-18)10-4-2-1-3-5-10/h1-8,13,18-19H,9,16H2,(H,17,20)/t13-/m1/s1. The predicted molar refractivity (Wildman–Crippen MR) is 76.3 cm³/mol. The minimum absolute atomic E-state index is 0.141. The van der Waals surface area contributed by atoms with E-state index >= 15 is 0 Å². The number of rotatable bonds is 4. The van der Waals surface area contributed by atoms with Gasteiger partial charge in [0.15, 0.2) is 0 Å². The largest absolute Gasteiger partial charge is 0.506 e. The van der Waals surface area contributed by atoms with Gasteiger partial charge in [0.05, 0.1) is 18.3 Å². The van der Waals surface area contributed by atoms with Crippen molar-refractivity contribution >= 4 is 11.6 Å². The van der Waals surface area contributed by atoms with E-state index in [-0.39, 0.29) is 29.5 Å². The molecule has 0 saturated carbocycles. The monoisotopic (exact) mass is 272 g/mol. The van der Waals surface area contributed by atoms with Gasteiger partial charge in [0.1, 0.15) is 5.75 Å². The summed E-state index contributed by atoms with van der Waals surface area (Å²) in [6, 6.07) is 12.9. The Labute approximate surface area is 116 Å². The summed E-state index contributed by atoms with van der Waals surface area (Å²) < 4.78 is 0. The number of benzene rings is 2. The third-order valence-electron chi connectivity index (χ3n) is 2.98. The molecule has 0 aromatic heterocycles. The highest BCUT2D eigenvalue weighted by Crippen LogP contribution is 2.21. The van der Waals surface area contributed by atoms with Crippen LogP contribution in [0, 0.1) is 0 Å². The van der Waals surface area contributed by atoms with Crippen LogP contribution in [0.5, 0.6) is 5.75 Å². The van der Waals surface area contributed by atoms with E-state index in [1.54, 1.807) is 0 Å². The second-order valence-electron chi connectivity index (χ2n) is 4.39. The fraction of sp³-hybridized carbons (Fsp3) is 0.133. The minimum atomic E-state index is -0.497. The molecule has 20 heavy (non-hydrogen) atoms. The van der Waals surface area contributed by atoms with Crippen LogP contribution in [0.3, 0.4) is 0 Å². The van der Waals surface area contributed by atoms with E-state index in [2.05, 4.69) is 5.32 Å². The van der Waals surface area contributed by atoms with Crippen molar-refractivity contribution in [2.24, 2.45) is 0 Å². The number of nitrogen functional groups attached to an aromatic ring is 1. The van der Waals surface area contributed by atoms with Gasteiger partial charge in [0.25, 0.3) is 5.91 Å². The molecule has 1 amide bonds. The van der Waals surface area contributed by atoms with Crippen LogP contribution in [0.25, 0.3) is 0 Å². The predicted octanol–water partition coefficient (Wildman–Crippen LogP) is 1.44. The highest BCUT2D eigenvalue weighted by Gasteiger charge is 2.15. The van der Waals surface area contributed by atoms with Gasteiger partial charge in [0.2, 0.25) is 0 Å². The molecule has 2 aromatic rings. The molecular weight excluding hydrogens is 256 g/mol. The molecule has 0 fully saturated rings. The van der Waals surface area contributed by atoms with E-state index in [1.807, 2.05) is 30.3 Å². The molecule has 0 aliphatic rings. The number of nitrogens with two attached hydrogens (primary N) is 1. The Morgan fingerprint density at radius 2 is 1.90 bits per heavy atom. The number of hydrogen-bond acceptors (Lipinski definition) is 4. The molecular formula is C15H16N2O3. The number of aromatic hydroxyl groups is 1. The van der Waals surface area contributed by atoms with E-state index in [1.165, 1.54) is 18.2 Å². The topological polar surface area (TPSA) is 95.6 Å². The third-order valence-corrected chi connectivity index (χ3v) is 2.98. The van der Waals surface area contributed by atoms with Crippen molar-refractivity contribution in [3.8, 4) is 5.75 Å². The molecule has 0 heterocycles. The maximum absolute atomic E-state index is 12.1. The summed E-state index contributed by atoms with van der Waals surface area (Å²) >= 11 is 0. The summed E-state index contributed by atoms with van der Waals surface area (Å²) in [5.41, 5.74) is 6.79. The van der Waals surface area contributed by atoms with Gasteiger partial charge in [-0.1, -0.05) is 30.3 Å². The molecule has 0 aliphatic carbocycles. The van der Waals surface area contributed by atoms with Gasteiger partial charge in [0, 0.05) is 5.56 Å². The highest BCUT2D eigenvalue weighted by atomic mass is 16.3. The first-order valence-electron chi connectivity index (χ1n) is 6.17. The number of anilines is 1. The van der Waals surface area contributed by atoms with Crippen LogP contribution < -0.4 is 11.1 Å². The SMILES string of the molecule is Nc1ccc(C(=O)N[C@H](CO)c2ccccc2)cc1O. The minimum Gasteiger partial charge on any atom is -0.506 e. The molecule has 1 atom stereocenters. The third kappa shape index (κ3) is 3.07. The first-order valence-corrected chi connectivity index (χ1v) is 6.17. The Hall–Kier alpha value is -2.53. The fourth-order valence-electron chi connectivity index (χ4n) is 1.85. The van der Waals surface area contributed by atoms with Crippen molar-refractivity contribution in [3.63, 3.8) is 0 Å². The van der Waals surface area contributed by atoms with Crippen molar-refractivity contribution in [3.05, 3.63) is 59.7 Å². The van der Waals surface area contributed by atoms with E-state index in [4.69, 9.17) is 5.73 Å². The van der Waals surface area contributed by atoms with Gasteiger partial charge in [-0.15, -0.1) is 0 Å². The molecule has 5 nitrogen and oxygen atoms in total. The van der Waals surface area contributed by atoms with Gasteiger partial charge in [-0.05, 0) is 23.8 Å². The molecule has 0 saturated heterocycles. The molecule has 0 unspecified atom stereocenters. The molecule has 0 spiro atoms. The van der Waals surface area contributed by atoms with E-state index in [0.717, 1.165) is 5.56 Å². The van der Waals surface area contributed by atoms with Crippen LogP contribution in [0.4, 0.5) is 5.69 Å². The summed E-state index contributed by atoms with van der Waals surface area (Å²) in [4.78, 5) is 12.1. The number of phenols is 1. The van der Waals surface area contributed by atoms with Crippen molar-refractivity contribution in [2.45, 2.75) is 6.04 Å². The second kappa shape index (κ2) is 6.08. The lowest BCUT2D eigenvalue weighted by Gasteiger charge is -2.17. The lowest BCUT2D eigenvalue weighted by atomic mass is 10.1. The molecule has 2 aromatic carbocycles. The van der Waals surface area contributed by atoms with Gasteiger partial charge in [-0.3, -0.25) is 4.79 Å². The van der Waals surface area contributed by atoms with Crippen molar-refractivity contribution < 1.29 is 15.0 Å². The molecule has 2 rings (SSSR count). The first-order chi connectivity index (χ1) is 9.61. The van der Waals surface area contributed by atoms with Crippen molar-refractivity contribution in [1.82, 2.24) is 5.32 Å². The number of aliphatic hydroxyl groups is 1. The normalized spacial score (nSPS) is 11.8. The number of nitrogens with one attached hydrogen (secondary N) is 1. The van der Waals surface area contributed by atoms with Crippen LogP contribution >= 0.6 is 0 Å². The van der Waals surface area contributed by atoms with Gasteiger partial charge in [-0.25, -0.2) is 0 Å². The van der Waals surface area contributed by atoms with E-state index < -0.39 is 6.04 Å². The lowest BCUT2D eigenvalue weighted by molar-refractivity contribution is 0.0916. The number of carbonyl (C=O) groups is 1. The maximum Gasteiger partial charge on any atom is 0.251 e. The molecule has 5 heteroatoms. The summed E-state index contributed by atoms with van der Waals surface area (Å²) in [5, 5.41) is 21.6. The molecule has 0 bridgehead atoms. The molecule has 0 radical (unpaired) electrons. The van der Waals surface area contributed by atoms with E-state index in [0.29, 0.717) is 0 Å². The number of hydrogen-bond donors (Lipinski definition) is 4. The van der Waals surface area contributed by atoms with Crippen LogP contribution in [0.15, 0.2) is 48.5 Å². The zero-order valence-electron chi connectivity index (χ0n) is 10.8. The highest BCUT2D eigenvalue weighted by molar-refractivity contribution is 5.95. The number of carbonyl (C=O) groups excluding carboxylic acids is 1. The summed E-state index contributed by atoms with van der Waals surface area (Å²) in [5.74, 6) is -0.527. The molecule has 5 N–H and O–H groups in total. The van der Waals surface area contributed by atoms with Gasteiger partial charge < -0.3 is 21.3 Å². The Balaban J connectivity index is 2.15. The first kappa shape index (κ1) is 13.9. The van der Waals surface area contributed by atoms with Crippen LogP contribution in [-0.4, -0.2) is 22.7 Å². The summed E-state index contributed by atoms with van der Waals surface area (Å²) in [6.45, 7) is -0.212. The second-order valence-corrected chi connectivity index (χ2v) is 4.39. The Morgan fingerprint density at radius 3 is 2.50 bits per heavy atom. The van der Waals surface area contributed by atoms with Gasteiger partial charge >= 0.3 is 0 Å². The van der Waals surface area contributed by atoms with Gasteiger partial charge in [-0.2, -0.15) is 0 Å². The Morgan fingerprint density at radius 1 is 1.20 bits per heavy atom. The number of phenolic OH excluding ortho intramolecular Hbond substituents is 1. The smallest absolute Gasteiger partial charge is 0.251 e. The number of amides is 1. The van der Waals surface area contributed by atoms with Crippen molar-refractivity contribution in [1.29, 1.82) is 0 Å². The van der Waals surface area contributed by atoms with Crippen LogP contribution in [0.1, 0.15) is 22.0 Å². The zero-order valence-corrected chi connectivity index (χ0v) is 10.8. The lowest BCUT2D eigenvalue weighted by Crippen LogP contribution is -2.30. The summed E-state index contributed by atoms with van der Waals surface area (Å²) in [6.07, 6.45) is 0. The average molecular weight is 272 g/mol.